The van der Waals surface area contributed by atoms with Crippen molar-refractivity contribution in [2.24, 2.45) is 7.05 Å². The SMILES string of the molecule is Cc1cccc(Cl)c1Nc1nc2nc(C(=O)Nc3ccc(F)c(C(F)(F)F)c3)c3c(c2n1C)OCCO3. The van der Waals surface area contributed by atoms with Crippen molar-refractivity contribution in [1.29, 1.82) is 0 Å². The third-order valence-corrected chi connectivity index (χ3v) is 6.03. The summed E-state index contributed by atoms with van der Waals surface area (Å²) in [5.74, 6) is -1.78. The Hall–Kier alpha value is -4.06. The van der Waals surface area contributed by atoms with Crippen LogP contribution in [0.4, 0.5) is 34.9 Å². The van der Waals surface area contributed by atoms with Crippen molar-refractivity contribution >= 4 is 46.0 Å². The highest BCUT2D eigenvalue weighted by molar-refractivity contribution is 6.33. The summed E-state index contributed by atoms with van der Waals surface area (Å²) < 4.78 is 66.1. The van der Waals surface area contributed by atoms with Crippen molar-refractivity contribution in [3.05, 3.63) is 64.1 Å². The Morgan fingerprint density at radius 2 is 1.84 bits per heavy atom. The van der Waals surface area contributed by atoms with Gasteiger partial charge in [-0.05, 0) is 36.8 Å². The first kappa shape index (κ1) is 24.6. The molecule has 1 amide bonds. The molecule has 2 aromatic heterocycles. The number of hydrogen-bond acceptors (Lipinski definition) is 6. The van der Waals surface area contributed by atoms with Crippen molar-refractivity contribution in [3.8, 4) is 11.5 Å². The van der Waals surface area contributed by atoms with Gasteiger partial charge in [0, 0.05) is 12.7 Å². The molecule has 2 N–H and O–H groups in total. The molecule has 0 atom stereocenters. The van der Waals surface area contributed by atoms with Crippen LogP contribution in [0, 0.1) is 12.7 Å². The Labute approximate surface area is 212 Å². The van der Waals surface area contributed by atoms with E-state index in [0.717, 1.165) is 11.6 Å². The van der Waals surface area contributed by atoms with Gasteiger partial charge in [0.05, 0.1) is 16.3 Å². The van der Waals surface area contributed by atoms with E-state index in [9.17, 15) is 22.4 Å². The maximum atomic E-state index is 13.7. The topological polar surface area (TPSA) is 90.3 Å². The van der Waals surface area contributed by atoms with E-state index in [4.69, 9.17) is 21.1 Å². The van der Waals surface area contributed by atoms with Crippen molar-refractivity contribution in [3.63, 3.8) is 0 Å². The molecular weight excluding hydrogens is 518 g/mol. The molecular formula is C24H18ClF4N5O3. The van der Waals surface area contributed by atoms with Crippen LogP contribution in [0.25, 0.3) is 11.2 Å². The highest BCUT2D eigenvalue weighted by Crippen LogP contribution is 2.41. The molecule has 5 rings (SSSR count). The number of alkyl halides is 3. The second-order valence-corrected chi connectivity index (χ2v) is 8.59. The summed E-state index contributed by atoms with van der Waals surface area (Å²) in [6.45, 7) is 2.19. The molecule has 13 heteroatoms. The number of aryl methyl sites for hydroxylation is 2. The monoisotopic (exact) mass is 535 g/mol. The number of nitrogens with one attached hydrogen (secondary N) is 2. The standard InChI is InChI=1S/C24H18ClF4N5O3/c1-11-4-3-5-14(25)16(11)32-23-33-21-18(34(23)2)20-19(36-8-9-37-20)17(31-21)22(35)30-12-6-7-15(26)13(10-12)24(27,28)29/h3-7,10H,8-9H2,1-2H3,(H,30,35)(H,31,32,33). The molecule has 37 heavy (non-hydrogen) atoms. The zero-order chi connectivity index (χ0) is 26.5. The molecule has 8 nitrogen and oxygen atoms in total. The Morgan fingerprint density at radius 1 is 1.11 bits per heavy atom. The van der Waals surface area contributed by atoms with Gasteiger partial charge >= 0.3 is 6.18 Å². The number of anilines is 3. The zero-order valence-corrected chi connectivity index (χ0v) is 20.1. The normalized spacial score (nSPS) is 13.1. The van der Waals surface area contributed by atoms with Gasteiger partial charge in [0.25, 0.3) is 5.91 Å². The van der Waals surface area contributed by atoms with Crippen LogP contribution in [-0.4, -0.2) is 33.7 Å². The molecule has 0 fully saturated rings. The lowest BCUT2D eigenvalue weighted by Gasteiger charge is -2.21. The summed E-state index contributed by atoms with van der Waals surface area (Å²) in [7, 11) is 1.71. The molecule has 0 saturated heterocycles. The van der Waals surface area contributed by atoms with Crippen molar-refractivity contribution in [1.82, 2.24) is 14.5 Å². The van der Waals surface area contributed by atoms with Crippen molar-refractivity contribution < 1.29 is 31.8 Å². The highest BCUT2D eigenvalue weighted by atomic mass is 35.5. The Bertz CT molecular complexity index is 1530. The van der Waals surface area contributed by atoms with E-state index in [1.165, 1.54) is 0 Å². The summed E-state index contributed by atoms with van der Waals surface area (Å²) in [6.07, 6.45) is -4.94. The number of hydrogen-bond donors (Lipinski definition) is 2. The number of ether oxygens (including phenoxy) is 2. The number of pyridine rings is 1. The lowest BCUT2D eigenvalue weighted by Crippen LogP contribution is -2.22. The van der Waals surface area contributed by atoms with E-state index in [0.29, 0.717) is 34.3 Å². The summed E-state index contributed by atoms with van der Waals surface area (Å²) in [4.78, 5) is 21.9. The molecule has 2 aromatic carbocycles. The molecule has 4 aromatic rings. The van der Waals surface area contributed by atoms with Crippen molar-refractivity contribution in [2.45, 2.75) is 13.1 Å². The van der Waals surface area contributed by atoms with Gasteiger partial charge in [-0.2, -0.15) is 18.2 Å². The summed E-state index contributed by atoms with van der Waals surface area (Å²) in [6, 6.07) is 7.54. The van der Waals surface area contributed by atoms with Crippen LogP contribution in [0.5, 0.6) is 11.5 Å². The molecule has 0 aliphatic carbocycles. The van der Waals surface area contributed by atoms with E-state index in [1.54, 1.807) is 17.7 Å². The minimum Gasteiger partial charge on any atom is -0.484 e. The number of nitrogens with zero attached hydrogens (tertiary/aromatic N) is 3. The number of carbonyl (C=O) groups excluding carboxylic acids is 1. The van der Waals surface area contributed by atoms with Crippen LogP contribution in [0.2, 0.25) is 5.02 Å². The fraction of sp³-hybridized carbons (Fsp3) is 0.208. The molecule has 0 bridgehead atoms. The minimum atomic E-state index is -4.94. The average Bonchev–Trinajstić information content (AvgIpc) is 3.16. The van der Waals surface area contributed by atoms with Gasteiger partial charge in [-0.15, -0.1) is 0 Å². The van der Waals surface area contributed by atoms with E-state index in [1.807, 2.05) is 19.1 Å². The average molecular weight is 536 g/mol. The number of benzene rings is 2. The van der Waals surface area contributed by atoms with Gasteiger partial charge in [-0.25, -0.2) is 9.37 Å². The van der Waals surface area contributed by atoms with Crippen LogP contribution in [0.1, 0.15) is 21.6 Å². The highest BCUT2D eigenvalue weighted by Gasteiger charge is 2.35. The van der Waals surface area contributed by atoms with Crippen molar-refractivity contribution in [2.75, 3.05) is 23.8 Å². The third kappa shape index (κ3) is 4.48. The quantitative estimate of drug-likeness (QED) is 0.318. The molecule has 0 saturated carbocycles. The second kappa shape index (κ2) is 9.11. The second-order valence-electron chi connectivity index (χ2n) is 8.19. The number of aromatic nitrogens is 3. The number of imidazole rings is 1. The molecule has 1 aliphatic rings. The van der Waals surface area contributed by atoms with Gasteiger partial charge in [0.2, 0.25) is 5.95 Å². The van der Waals surface area contributed by atoms with Crippen LogP contribution in [0.3, 0.4) is 0 Å². The smallest absolute Gasteiger partial charge is 0.419 e. The minimum absolute atomic E-state index is 0.0119. The van der Waals surface area contributed by atoms with Gasteiger partial charge in [-0.3, -0.25) is 4.79 Å². The van der Waals surface area contributed by atoms with Gasteiger partial charge in [0.1, 0.15) is 24.5 Å². The maximum Gasteiger partial charge on any atom is 0.419 e. The molecule has 3 heterocycles. The van der Waals surface area contributed by atoms with E-state index in [2.05, 4.69) is 20.6 Å². The van der Waals surface area contributed by atoms with Gasteiger partial charge in [-0.1, -0.05) is 23.7 Å². The zero-order valence-electron chi connectivity index (χ0n) is 19.3. The summed E-state index contributed by atoms with van der Waals surface area (Å²) in [5, 5.41) is 5.95. The lowest BCUT2D eigenvalue weighted by molar-refractivity contribution is -0.139. The van der Waals surface area contributed by atoms with E-state index >= 15 is 0 Å². The lowest BCUT2D eigenvalue weighted by atomic mass is 10.1. The number of rotatable bonds is 4. The maximum absolute atomic E-state index is 13.7. The van der Waals surface area contributed by atoms with E-state index in [-0.39, 0.29) is 41.7 Å². The van der Waals surface area contributed by atoms with Crippen LogP contribution in [-0.2, 0) is 13.2 Å². The van der Waals surface area contributed by atoms with Crippen LogP contribution in [0.15, 0.2) is 36.4 Å². The first-order valence-corrected chi connectivity index (χ1v) is 11.3. The number of para-hydroxylation sites is 1. The Balaban J connectivity index is 1.56. The number of carbonyl (C=O) groups is 1. The fourth-order valence-electron chi connectivity index (χ4n) is 3.92. The third-order valence-electron chi connectivity index (χ3n) is 5.71. The molecule has 0 unspecified atom stereocenters. The summed E-state index contributed by atoms with van der Waals surface area (Å²) in [5.41, 5.74) is 0.0156. The number of fused-ring (bicyclic) bond motifs is 3. The predicted molar refractivity (Wildman–Crippen MR) is 128 cm³/mol. The predicted octanol–water partition coefficient (Wildman–Crippen LogP) is 5.86. The first-order valence-electron chi connectivity index (χ1n) is 10.9. The fourth-order valence-corrected chi connectivity index (χ4v) is 4.19. The Morgan fingerprint density at radius 3 is 2.54 bits per heavy atom. The number of halogens is 5. The van der Waals surface area contributed by atoms with Gasteiger partial charge in [0.15, 0.2) is 22.8 Å². The first-order chi connectivity index (χ1) is 17.5. The summed E-state index contributed by atoms with van der Waals surface area (Å²) >= 11 is 6.33. The Kier molecular flexibility index (Phi) is 6.06. The van der Waals surface area contributed by atoms with Crippen LogP contribution >= 0.6 is 11.6 Å². The molecule has 0 spiro atoms. The number of amides is 1. The molecule has 0 radical (unpaired) electrons. The molecule has 192 valence electrons. The van der Waals surface area contributed by atoms with Crippen LogP contribution < -0.4 is 20.1 Å². The molecule has 1 aliphatic heterocycles. The van der Waals surface area contributed by atoms with E-state index < -0.39 is 23.5 Å². The largest absolute Gasteiger partial charge is 0.484 e. The van der Waals surface area contributed by atoms with Gasteiger partial charge < -0.3 is 24.7 Å².